The predicted octanol–water partition coefficient (Wildman–Crippen LogP) is 3.91. The number of carbonyl (C=O) groups is 1. The van der Waals surface area contributed by atoms with Crippen molar-refractivity contribution in [2.75, 3.05) is 5.73 Å². The zero-order valence-corrected chi connectivity index (χ0v) is 16.1. The molecule has 2 heterocycles. The van der Waals surface area contributed by atoms with Crippen molar-refractivity contribution in [1.82, 2.24) is 14.5 Å². The molecule has 0 saturated carbocycles. The van der Waals surface area contributed by atoms with Crippen LogP contribution >= 0.6 is 0 Å². The van der Waals surface area contributed by atoms with Gasteiger partial charge in [0.2, 0.25) is 5.91 Å². The van der Waals surface area contributed by atoms with E-state index in [4.69, 9.17) is 11.5 Å². The summed E-state index contributed by atoms with van der Waals surface area (Å²) < 4.78 is 2.13. The molecule has 0 atom stereocenters. The highest BCUT2D eigenvalue weighted by atomic mass is 16.1. The second kappa shape index (κ2) is 8.14. The number of primary amides is 1. The molecule has 6 nitrogen and oxygen atoms in total. The molecule has 0 saturated heterocycles. The van der Waals surface area contributed by atoms with Crippen LogP contribution in [0, 0.1) is 0 Å². The van der Waals surface area contributed by atoms with E-state index < -0.39 is 5.91 Å². The second-order valence-electron chi connectivity index (χ2n) is 7.04. The number of nitrogens with two attached hydrogens (primary N) is 2. The van der Waals surface area contributed by atoms with Crippen molar-refractivity contribution in [3.63, 3.8) is 0 Å². The van der Waals surface area contributed by atoms with Crippen LogP contribution in [0.4, 0.5) is 5.82 Å². The molecule has 2 aromatic carbocycles. The number of imidazole rings is 1. The summed E-state index contributed by atoms with van der Waals surface area (Å²) in [5.74, 6) is 0.0344. The highest BCUT2D eigenvalue weighted by Gasteiger charge is 2.12. The van der Waals surface area contributed by atoms with Gasteiger partial charge in [-0.05, 0) is 36.5 Å². The first kappa shape index (κ1) is 18.7. The minimum absolute atomic E-state index is 0.418. The Kier molecular flexibility index (Phi) is 5.24. The van der Waals surface area contributed by atoms with Crippen LogP contribution in [0.2, 0.25) is 0 Å². The van der Waals surface area contributed by atoms with Crippen molar-refractivity contribution in [1.29, 1.82) is 0 Å². The van der Waals surface area contributed by atoms with Crippen molar-refractivity contribution < 1.29 is 4.79 Å². The Morgan fingerprint density at radius 3 is 2.59 bits per heavy atom. The van der Waals surface area contributed by atoms with E-state index in [0.29, 0.717) is 5.82 Å². The second-order valence-corrected chi connectivity index (χ2v) is 7.04. The standard InChI is InChI=1S/C23H23N5O/c24-20(29)14-17(16-8-2-1-3-9-16)10-6-7-13-28-15-26-21-22(28)18-11-4-5-12-19(18)27-23(21)25/h1-5,8-9,11-12,14-15H,6-7,10,13H2,(H2,24,29)(H2,25,27)/b17-14+. The Balaban J connectivity index is 1.51. The van der Waals surface area contributed by atoms with Gasteiger partial charge >= 0.3 is 0 Å². The summed E-state index contributed by atoms with van der Waals surface area (Å²) in [6, 6.07) is 17.8. The maximum absolute atomic E-state index is 11.4. The van der Waals surface area contributed by atoms with E-state index in [9.17, 15) is 4.79 Å². The summed E-state index contributed by atoms with van der Waals surface area (Å²) in [5, 5.41) is 1.05. The first-order chi connectivity index (χ1) is 14.1. The molecule has 2 aromatic heterocycles. The Morgan fingerprint density at radius 1 is 1.03 bits per heavy atom. The molecule has 4 aromatic rings. The van der Waals surface area contributed by atoms with E-state index in [1.807, 2.05) is 60.9 Å². The monoisotopic (exact) mass is 385 g/mol. The molecule has 0 spiro atoms. The van der Waals surface area contributed by atoms with Gasteiger partial charge in [-0.15, -0.1) is 0 Å². The molecule has 0 fully saturated rings. The fraction of sp³-hybridized carbons (Fsp3) is 0.174. The number of para-hydroxylation sites is 1. The van der Waals surface area contributed by atoms with Gasteiger partial charge in [-0.25, -0.2) is 9.97 Å². The third-order valence-corrected chi connectivity index (χ3v) is 5.04. The number of fused-ring (bicyclic) bond motifs is 3. The Labute approximate surface area is 168 Å². The van der Waals surface area contributed by atoms with Gasteiger partial charge in [0.25, 0.3) is 0 Å². The van der Waals surface area contributed by atoms with Crippen LogP contribution in [0.15, 0.2) is 67.0 Å². The van der Waals surface area contributed by atoms with Gasteiger partial charge in [0.1, 0.15) is 5.52 Å². The molecule has 0 unspecified atom stereocenters. The molecule has 4 rings (SSSR count). The Hall–Kier alpha value is -3.67. The van der Waals surface area contributed by atoms with Crippen LogP contribution in [-0.4, -0.2) is 20.4 Å². The summed E-state index contributed by atoms with van der Waals surface area (Å²) in [4.78, 5) is 20.3. The third kappa shape index (κ3) is 3.96. The number of allylic oxidation sites excluding steroid dienone is 1. The highest BCUT2D eigenvalue weighted by molar-refractivity contribution is 6.06. The number of rotatable bonds is 7. The molecule has 0 aliphatic rings. The maximum Gasteiger partial charge on any atom is 0.241 e. The molecule has 6 heteroatoms. The van der Waals surface area contributed by atoms with Crippen LogP contribution in [-0.2, 0) is 11.3 Å². The van der Waals surface area contributed by atoms with Crippen molar-refractivity contribution >= 4 is 39.2 Å². The number of aromatic nitrogens is 3. The first-order valence-electron chi connectivity index (χ1n) is 9.68. The van der Waals surface area contributed by atoms with Gasteiger partial charge in [0.15, 0.2) is 5.82 Å². The Bertz CT molecular complexity index is 1190. The lowest BCUT2D eigenvalue weighted by Gasteiger charge is -2.10. The summed E-state index contributed by atoms with van der Waals surface area (Å²) in [7, 11) is 0. The summed E-state index contributed by atoms with van der Waals surface area (Å²) in [6.07, 6.45) is 6.00. The number of carbonyl (C=O) groups excluding carboxylic acids is 1. The van der Waals surface area contributed by atoms with E-state index in [1.165, 1.54) is 6.08 Å². The van der Waals surface area contributed by atoms with E-state index in [1.54, 1.807) is 0 Å². The predicted molar refractivity (Wildman–Crippen MR) is 117 cm³/mol. The number of amides is 1. The average molecular weight is 385 g/mol. The minimum Gasteiger partial charge on any atom is -0.382 e. The fourth-order valence-corrected chi connectivity index (χ4v) is 3.70. The number of unbranched alkanes of at least 4 members (excludes halogenated alkanes) is 1. The van der Waals surface area contributed by atoms with Gasteiger partial charge in [-0.2, -0.15) is 0 Å². The fourth-order valence-electron chi connectivity index (χ4n) is 3.70. The number of nitrogen functional groups attached to an aromatic ring is 1. The van der Waals surface area contributed by atoms with Crippen LogP contribution in [0.3, 0.4) is 0 Å². The molecule has 146 valence electrons. The number of nitrogens with zero attached hydrogens (tertiary/aromatic N) is 3. The average Bonchev–Trinajstić information content (AvgIpc) is 3.16. The topological polar surface area (TPSA) is 99.8 Å². The summed E-state index contributed by atoms with van der Waals surface area (Å²) >= 11 is 0. The van der Waals surface area contributed by atoms with Crippen LogP contribution in [0.5, 0.6) is 0 Å². The minimum atomic E-state index is -0.418. The van der Waals surface area contributed by atoms with E-state index in [2.05, 4.69) is 14.5 Å². The lowest BCUT2D eigenvalue weighted by molar-refractivity contribution is -0.113. The number of pyridine rings is 1. The molecule has 1 amide bonds. The van der Waals surface area contributed by atoms with Crippen molar-refractivity contribution in [2.45, 2.75) is 25.8 Å². The highest BCUT2D eigenvalue weighted by Crippen LogP contribution is 2.27. The van der Waals surface area contributed by atoms with Crippen LogP contribution < -0.4 is 11.5 Å². The Morgan fingerprint density at radius 2 is 1.79 bits per heavy atom. The first-order valence-corrected chi connectivity index (χ1v) is 9.68. The van der Waals surface area contributed by atoms with Crippen molar-refractivity contribution in [3.05, 3.63) is 72.6 Å². The SMILES string of the molecule is NC(=O)/C=C(\CCCCn1cnc2c(N)nc3ccccc3c21)c1ccccc1. The maximum atomic E-state index is 11.4. The smallest absolute Gasteiger partial charge is 0.241 e. The van der Waals surface area contributed by atoms with Gasteiger partial charge in [0.05, 0.1) is 17.4 Å². The van der Waals surface area contributed by atoms with Crippen LogP contribution in [0.25, 0.3) is 27.5 Å². The lowest BCUT2D eigenvalue weighted by atomic mass is 9.99. The molecular formula is C23H23N5O. The number of hydrogen-bond donors (Lipinski definition) is 2. The zero-order chi connectivity index (χ0) is 20.2. The van der Waals surface area contributed by atoms with Crippen molar-refractivity contribution in [3.8, 4) is 0 Å². The normalized spacial score (nSPS) is 11.9. The van der Waals surface area contributed by atoms with E-state index in [-0.39, 0.29) is 0 Å². The zero-order valence-electron chi connectivity index (χ0n) is 16.1. The summed E-state index contributed by atoms with van der Waals surface area (Å²) in [5.41, 5.74) is 16.1. The van der Waals surface area contributed by atoms with Gasteiger partial charge in [-0.1, -0.05) is 48.5 Å². The molecule has 0 radical (unpaired) electrons. The molecule has 0 bridgehead atoms. The summed E-state index contributed by atoms with van der Waals surface area (Å²) in [6.45, 7) is 0.808. The van der Waals surface area contributed by atoms with E-state index >= 15 is 0 Å². The van der Waals surface area contributed by atoms with Gasteiger partial charge < -0.3 is 16.0 Å². The molecule has 0 aliphatic carbocycles. The number of benzene rings is 2. The van der Waals surface area contributed by atoms with Gasteiger partial charge in [-0.3, -0.25) is 4.79 Å². The number of anilines is 1. The van der Waals surface area contributed by atoms with Crippen LogP contribution in [0.1, 0.15) is 24.8 Å². The molecule has 29 heavy (non-hydrogen) atoms. The lowest BCUT2D eigenvalue weighted by Crippen LogP contribution is -2.07. The molecule has 0 aliphatic heterocycles. The largest absolute Gasteiger partial charge is 0.382 e. The van der Waals surface area contributed by atoms with Gasteiger partial charge in [0, 0.05) is 18.0 Å². The van der Waals surface area contributed by atoms with E-state index in [0.717, 1.165) is 58.9 Å². The molecular weight excluding hydrogens is 362 g/mol. The molecule has 4 N–H and O–H groups in total. The number of hydrogen-bond acceptors (Lipinski definition) is 4. The quantitative estimate of drug-likeness (QED) is 0.372. The van der Waals surface area contributed by atoms with Crippen molar-refractivity contribution in [2.24, 2.45) is 5.73 Å². The number of aryl methyl sites for hydroxylation is 1. The third-order valence-electron chi connectivity index (χ3n) is 5.04.